The molecule has 0 aliphatic carbocycles. The average molecular weight is 411 g/mol. The minimum absolute atomic E-state index is 0.148. The second kappa shape index (κ2) is 9.90. The van der Waals surface area contributed by atoms with Gasteiger partial charge in [0.1, 0.15) is 11.6 Å². The number of allylic oxidation sites excluding steroid dienone is 1. The van der Waals surface area contributed by atoms with Crippen molar-refractivity contribution in [1.29, 1.82) is 0 Å². The van der Waals surface area contributed by atoms with Crippen molar-refractivity contribution >= 4 is 17.0 Å². The van der Waals surface area contributed by atoms with Crippen molar-refractivity contribution in [1.82, 2.24) is 9.97 Å². The van der Waals surface area contributed by atoms with E-state index < -0.39 is 0 Å². The lowest BCUT2D eigenvalue weighted by Crippen LogP contribution is -2.10. The van der Waals surface area contributed by atoms with Gasteiger partial charge in [0.25, 0.3) is 5.56 Å². The van der Waals surface area contributed by atoms with Gasteiger partial charge < -0.3 is 9.72 Å². The highest BCUT2D eigenvalue weighted by atomic mass is 16.5. The van der Waals surface area contributed by atoms with Crippen molar-refractivity contribution in [3.63, 3.8) is 0 Å². The van der Waals surface area contributed by atoms with E-state index in [9.17, 15) is 4.79 Å². The standard InChI is InChI=1S/C27H26N2O2/c1-2-19-31-24-18-9-8-16-22(24)26-28-25-21(15-10-17-23(25)27(30)29-26)14-7-6-13-20-11-4-3-5-12-20/h3-5,7-12,14-18H,2,6,13,19H2,1H3,(H,28,29,30)/b14-7+. The molecule has 156 valence electrons. The van der Waals surface area contributed by atoms with Crippen LogP contribution in [0.15, 0.2) is 83.7 Å². The summed E-state index contributed by atoms with van der Waals surface area (Å²) in [6, 6.07) is 23.8. The average Bonchev–Trinajstić information content (AvgIpc) is 2.81. The molecule has 0 saturated carbocycles. The van der Waals surface area contributed by atoms with Crippen LogP contribution in [0.3, 0.4) is 0 Å². The number of nitrogens with one attached hydrogen (secondary N) is 1. The molecular weight excluding hydrogens is 384 g/mol. The van der Waals surface area contributed by atoms with Crippen LogP contribution in [-0.2, 0) is 6.42 Å². The molecule has 0 aliphatic heterocycles. The first-order chi connectivity index (χ1) is 15.3. The summed E-state index contributed by atoms with van der Waals surface area (Å²) in [5.74, 6) is 1.25. The van der Waals surface area contributed by atoms with Crippen LogP contribution in [0.1, 0.15) is 30.9 Å². The van der Waals surface area contributed by atoms with Crippen molar-refractivity contribution < 1.29 is 4.74 Å². The molecule has 0 saturated heterocycles. The second-order valence-corrected chi connectivity index (χ2v) is 7.43. The number of benzene rings is 3. The van der Waals surface area contributed by atoms with Gasteiger partial charge in [-0.2, -0.15) is 0 Å². The van der Waals surface area contributed by atoms with Gasteiger partial charge in [0.2, 0.25) is 0 Å². The van der Waals surface area contributed by atoms with Crippen LogP contribution in [0.5, 0.6) is 5.75 Å². The highest BCUT2D eigenvalue weighted by Crippen LogP contribution is 2.28. The van der Waals surface area contributed by atoms with Gasteiger partial charge in [0.15, 0.2) is 0 Å². The Morgan fingerprint density at radius 2 is 1.77 bits per heavy atom. The van der Waals surface area contributed by atoms with Gasteiger partial charge in [-0.3, -0.25) is 4.79 Å². The van der Waals surface area contributed by atoms with E-state index in [0.717, 1.165) is 36.1 Å². The predicted octanol–water partition coefficient (Wildman–Crippen LogP) is 6.02. The zero-order chi connectivity index (χ0) is 21.5. The monoisotopic (exact) mass is 410 g/mol. The molecule has 4 aromatic rings. The maximum atomic E-state index is 12.8. The minimum atomic E-state index is -0.148. The van der Waals surface area contributed by atoms with E-state index in [1.165, 1.54) is 5.56 Å². The van der Waals surface area contributed by atoms with Crippen molar-refractivity contribution in [3.05, 3.63) is 100 Å². The van der Waals surface area contributed by atoms with Crippen LogP contribution >= 0.6 is 0 Å². The van der Waals surface area contributed by atoms with Crippen LogP contribution in [0.4, 0.5) is 0 Å². The Labute approximate surface area is 182 Å². The Kier molecular flexibility index (Phi) is 6.58. The Morgan fingerprint density at radius 3 is 2.61 bits per heavy atom. The molecule has 0 spiro atoms. The van der Waals surface area contributed by atoms with E-state index in [1.807, 2.05) is 48.5 Å². The molecule has 0 radical (unpaired) electrons. The molecule has 0 atom stereocenters. The third-order valence-corrected chi connectivity index (χ3v) is 5.11. The minimum Gasteiger partial charge on any atom is -0.493 e. The van der Waals surface area contributed by atoms with Gasteiger partial charge in [-0.15, -0.1) is 0 Å². The molecule has 3 aromatic carbocycles. The zero-order valence-corrected chi connectivity index (χ0v) is 17.7. The molecule has 1 aromatic heterocycles. The molecule has 1 heterocycles. The number of rotatable bonds is 8. The third-order valence-electron chi connectivity index (χ3n) is 5.11. The molecule has 4 heteroatoms. The van der Waals surface area contributed by atoms with E-state index in [0.29, 0.717) is 23.3 Å². The lowest BCUT2D eigenvalue weighted by atomic mass is 10.1. The van der Waals surface area contributed by atoms with Crippen molar-refractivity contribution in [2.45, 2.75) is 26.2 Å². The summed E-state index contributed by atoms with van der Waals surface area (Å²) < 4.78 is 5.87. The number of hydrogen-bond donors (Lipinski definition) is 1. The van der Waals surface area contributed by atoms with Gasteiger partial charge in [-0.25, -0.2) is 4.98 Å². The number of fused-ring (bicyclic) bond motifs is 1. The molecular formula is C27H26N2O2. The SMILES string of the molecule is CCCOc1ccccc1-c1nc2c(/C=C/CCc3ccccc3)cccc2c(=O)[nH]1. The number of nitrogens with zero attached hydrogens (tertiary/aromatic N) is 1. The number of hydrogen-bond acceptors (Lipinski definition) is 3. The summed E-state index contributed by atoms with van der Waals surface area (Å²) in [5.41, 5.74) is 3.58. The Hall–Kier alpha value is -3.66. The molecule has 0 unspecified atom stereocenters. The summed E-state index contributed by atoms with van der Waals surface area (Å²) >= 11 is 0. The Balaban J connectivity index is 1.67. The number of aromatic amines is 1. The Bertz CT molecular complexity index is 1240. The highest BCUT2D eigenvalue weighted by Gasteiger charge is 2.12. The number of para-hydroxylation sites is 2. The van der Waals surface area contributed by atoms with E-state index in [4.69, 9.17) is 9.72 Å². The quantitative estimate of drug-likeness (QED) is 0.386. The number of aryl methyl sites for hydroxylation is 1. The Morgan fingerprint density at radius 1 is 0.968 bits per heavy atom. The van der Waals surface area contributed by atoms with E-state index in [-0.39, 0.29) is 5.56 Å². The van der Waals surface area contributed by atoms with Gasteiger partial charge >= 0.3 is 0 Å². The number of H-pyrrole nitrogens is 1. The molecule has 31 heavy (non-hydrogen) atoms. The molecule has 0 fully saturated rings. The number of aromatic nitrogens is 2. The molecule has 1 N–H and O–H groups in total. The second-order valence-electron chi connectivity index (χ2n) is 7.43. The first kappa shape index (κ1) is 20.6. The maximum absolute atomic E-state index is 12.8. The lowest BCUT2D eigenvalue weighted by Gasteiger charge is -2.11. The number of ether oxygens (including phenoxy) is 1. The molecule has 4 nitrogen and oxygen atoms in total. The van der Waals surface area contributed by atoms with Gasteiger partial charge in [0, 0.05) is 5.56 Å². The van der Waals surface area contributed by atoms with Crippen LogP contribution in [0.2, 0.25) is 0 Å². The van der Waals surface area contributed by atoms with Crippen molar-refractivity contribution in [3.8, 4) is 17.1 Å². The lowest BCUT2D eigenvalue weighted by molar-refractivity contribution is 0.318. The molecule has 0 amide bonds. The molecule has 4 rings (SSSR count). The van der Waals surface area contributed by atoms with Crippen LogP contribution in [-0.4, -0.2) is 16.6 Å². The maximum Gasteiger partial charge on any atom is 0.259 e. The van der Waals surface area contributed by atoms with Crippen LogP contribution < -0.4 is 10.3 Å². The van der Waals surface area contributed by atoms with Gasteiger partial charge in [0.05, 0.1) is 23.1 Å². The topological polar surface area (TPSA) is 55.0 Å². The van der Waals surface area contributed by atoms with Crippen LogP contribution in [0, 0.1) is 0 Å². The zero-order valence-electron chi connectivity index (χ0n) is 17.7. The fourth-order valence-electron chi connectivity index (χ4n) is 3.55. The summed E-state index contributed by atoms with van der Waals surface area (Å²) in [5, 5.41) is 0.584. The van der Waals surface area contributed by atoms with Crippen molar-refractivity contribution in [2.75, 3.05) is 6.61 Å². The third kappa shape index (κ3) is 4.92. The fraction of sp³-hybridized carbons (Fsp3) is 0.185. The van der Waals surface area contributed by atoms with E-state index in [2.05, 4.69) is 48.3 Å². The molecule has 0 aliphatic rings. The van der Waals surface area contributed by atoms with Gasteiger partial charge in [-0.1, -0.05) is 73.7 Å². The largest absolute Gasteiger partial charge is 0.493 e. The summed E-state index contributed by atoms with van der Waals surface area (Å²) in [6.07, 6.45) is 7.01. The summed E-state index contributed by atoms with van der Waals surface area (Å²) in [7, 11) is 0. The smallest absolute Gasteiger partial charge is 0.259 e. The summed E-state index contributed by atoms with van der Waals surface area (Å²) in [4.78, 5) is 20.6. The predicted molar refractivity (Wildman–Crippen MR) is 127 cm³/mol. The fourth-order valence-corrected chi connectivity index (χ4v) is 3.55. The van der Waals surface area contributed by atoms with Crippen molar-refractivity contribution in [2.24, 2.45) is 0 Å². The first-order valence-electron chi connectivity index (χ1n) is 10.7. The van der Waals surface area contributed by atoms with Gasteiger partial charge in [-0.05, 0) is 43.0 Å². The molecule has 0 bridgehead atoms. The first-order valence-corrected chi connectivity index (χ1v) is 10.7. The van der Waals surface area contributed by atoms with E-state index >= 15 is 0 Å². The van der Waals surface area contributed by atoms with Crippen LogP contribution in [0.25, 0.3) is 28.4 Å². The summed E-state index contributed by atoms with van der Waals surface area (Å²) in [6.45, 7) is 2.68. The highest BCUT2D eigenvalue weighted by molar-refractivity contribution is 5.88. The normalized spacial score (nSPS) is 11.3. The van der Waals surface area contributed by atoms with E-state index in [1.54, 1.807) is 0 Å².